The number of hydrogen-bond acceptors (Lipinski definition) is 5. The van der Waals surface area contributed by atoms with Crippen molar-refractivity contribution in [1.82, 2.24) is 9.88 Å². The number of aromatic nitrogens is 1. The first kappa shape index (κ1) is 16.1. The Morgan fingerprint density at radius 2 is 2.17 bits per heavy atom. The third-order valence-corrected chi connectivity index (χ3v) is 4.88. The first-order chi connectivity index (χ1) is 11.1. The predicted molar refractivity (Wildman–Crippen MR) is 89.6 cm³/mol. The molecule has 3 rings (SSSR count). The third-order valence-electron chi connectivity index (χ3n) is 3.99. The maximum Gasteiger partial charge on any atom is 0.273 e. The van der Waals surface area contributed by atoms with Gasteiger partial charge in [0.25, 0.3) is 5.91 Å². The highest BCUT2D eigenvalue weighted by molar-refractivity contribution is 7.13. The summed E-state index contributed by atoms with van der Waals surface area (Å²) >= 11 is 1.47. The van der Waals surface area contributed by atoms with Crippen molar-refractivity contribution >= 4 is 17.2 Å². The molecular formula is C17H20N2O3S. The van der Waals surface area contributed by atoms with E-state index in [1.807, 2.05) is 38.1 Å². The van der Waals surface area contributed by atoms with E-state index in [1.54, 1.807) is 10.3 Å². The Labute approximate surface area is 139 Å². The molecule has 5 nitrogen and oxygen atoms in total. The molecule has 23 heavy (non-hydrogen) atoms. The summed E-state index contributed by atoms with van der Waals surface area (Å²) in [6.45, 7) is 4.73. The number of thiazole rings is 1. The Hall–Kier alpha value is -1.76. The van der Waals surface area contributed by atoms with Crippen LogP contribution >= 0.6 is 11.3 Å². The van der Waals surface area contributed by atoms with E-state index in [9.17, 15) is 9.90 Å². The smallest absolute Gasteiger partial charge is 0.273 e. The molecule has 1 aliphatic rings. The summed E-state index contributed by atoms with van der Waals surface area (Å²) in [5.41, 5.74) is 2.66. The first-order valence-electron chi connectivity index (χ1n) is 7.64. The van der Waals surface area contributed by atoms with Crippen molar-refractivity contribution in [3.63, 3.8) is 0 Å². The van der Waals surface area contributed by atoms with Crippen molar-refractivity contribution in [2.45, 2.75) is 26.0 Å². The summed E-state index contributed by atoms with van der Waals surface area (Å²) in [7, 11) is 0. The van der Waals surface area contributed by atoms with Crippen LogP contribution in [0.5, 0.6) is 0 Å². The Morgan fingerprint density at radius 1 is 1.43 bits per heavy atom. The fourth-order valence-electron chi connectivity index (χ4n) is 2.56. The highest BCUT2D eigenvalue weighted by Gasteiger charge is 2.31. The summed E-state index contributed by atoms with van der Waals surface area (Å²) in [6, 6.07) is 8.08. The number of rotatable bonds is 3. The van der Waals surface area contributed by atoms with Gasteiger partial charge in [0.1, 0.15) is 10.7 Å². The van der Waals surface area contributed by atoms with Gasteiger partial charge >= 0.3 is 0 Å². The number of nitrogens with zero attached hydrogens (tertiary/aromatic N) is 2. The van der Waals surface area contributed by atoms with Crippen molar-refractivity contribution in [1.29, 1.82) is 0 Å². The summed E-state index contributed by atoms with van der Waals surface area (Å²) < 4.78 is 5.48. The maximum atomic E-state index is 12.7. The monoisotopic (exact) mass is 332 g/mol. The van der Waals surface area contributed by atoms with Crippen LogP contribution in [0.4, 0.5) is 0 Å². The average molecular weight is 332 g/mol. The maximum absolute atomic E-state index is 12.7. The van der Waals surface area contributed by atoms with Crippen LogP contribution < -0.4 is 0 Å². The number of morpholine rings is 1. The number of ether oxygens (including phenoxy) is 1. The molecule has 0 bridgehead atoms. The zero-order chi connectivity index (χ0) is 16.4. The molecule has 1 amide bonds. The second-order valence-electron chi connectivity index (χ2n) is 5.85. The topological polar surface area (TPSA) is 62.7 Å². The average Bonchev–Trinajstić information content (AvgIpc) is 3.05. The number of aryl methyl sites for hydroxylation is 1. The zero-order valence-electron chi connectivity index (χ0n) is 13.2. The van der Waals surface area contributed by atoms with Crippen LogP contribution in [0.2, 0.25) is 0 Å². The van der Waals surface area contributed by atoms with Gasteiger partial charge in [-0.05, 0) is 13.8 Å². The van der Waals surface area contributed by atoms with Crippen LogP contribution in [0.3, 0.4) is 0 Å². The van der Waals surface area contributed by atoms with Gasteiger partial charge in [-0.25, -0.2) is 4.98 Å². The molecule has 1 aliphatic heterocycles. The lowest BCUT2D eigenvalue weighted by atomic mass is 10.1. The molecule has 2 unspecified atom stereocenters. The van der Waals surface area contributed by atoms with E-state index in [0.29, 0.717) is 18.8 Å². The van der Waals surface area contributed by atoms with Gasteiger partial charge in [-0.3, -0.25) is 4.79 Å². The molecule has 0 aliphatic carbocycles. The SMILES string of the molecule is Cc1ccc(-c2nc(C(=O)N3CC(CO)OCC3C)cs2)cc1. The number of benzene rings is 1. The van der Waals surface area contributed by atoms with E-state index < -0.39 is 0 Å². The molecule has 1 saturated heterocycles. The molecule has 0 spiro atoms. The molecule has 1 N–H and O–H groups in total. The molecule has 122 valence electrons. The Kier molecular flexibility index (Phi) is 4.75. The minimum absolute atomic E-state index is 0.0187. The fraction of sp³-hybridized carbons (Fsp3) is 0.412. The fourth-order valence-corrected chi connectivity index (χ4v) is 3.36. The predicted octanol–water partition coefficient (Wildman–Crippen LogP) is 2.34. The zero-order valence-corrected chi connectivity index (χ0v) is 14.0. The summed E-state index contributed by atoms with van der Waals surface area (Å²) in [5.74, 6) is -0.103. The van der Waals surface area contributed by atoms with E-state index in [1.165, 1.54) is 16.9 Å². The number of aliphatic hydroxyl groups excluding tert-OH is 1. The molecule has 2 aromatic rings. The number of amides is 1. The van der Waals surface area contributed by atoms with E-state index >= 15 is 0 Å². The molecule has 0 saturated carbocycles. The highest BCUT2D eigenvalue weighted by atomic mass is 32.1. The van der Waals surface area contributed by atoms with Crippen LogP contribution in [0, 0.1) is 6.92 Å². The van der Waals surface area contributed by atoms with Crippen molar-refractivity contribution < 1.29 is 14.6 Å². The van der Waals surface area contributed by atoms with Gasteiger partial charge in [-0.2, -0.15) is 0 Å². The summed E-state index contributed by atoms with van der Waals surface area (Å²) in [4.78, 5) is 18.9. The Bertz CT molecular complexity index is 683. The highest BCUT2D eigenvalue weighted by Crippen LogP contribution is 2.25. The van der Waals surface area contributed by atoms with E-state index in [4.69, 9.17) is 4.74 Å². The van der Waals surface area contributed by atoms with Crippen molar-refractivity contribution in [2.24, 2.45) is 0 Å². The molecule has 1 fully saturated rings. The van der Waals surface area contributed by atoms with Crippen LogP contribution in [0.1, 0.15) is 23.0 Å². The largest absolute Gasteiger partial charge is 0.394 e. The summed E-state index contributed by atoms with van der Waals surface area (Å²) in [6.07, 6.45) is -0.314. The molecule has 1 aromatic heterocycles. The minimum atomic E-state index is -0.314. The molecule has 1 aromatic carbocycles. The third kappa shape index (κ3) is 3.44. The van der Waals surface area contributed by atoms with Crippen molar-refractivity contribution in [3.05, 3.63) is 40.9 Å². The lowest BCUT2D eigenvalue weighted by Crippen LogP contribution is -2.52. The van der Waals surface area contributed by atoms with Gasteiger partial charge in [0.2, 0.25) is 0 Å². The van der Waals surface area contributed by atoms with Crippen molar-refractivity contribution in [2.75, 3.05) is 19.8 Å². The molecule has 0 radical (unpaired) electrons. The van der Waals surface area contributed by atoms with E-state index in [0.717, 1.165) is 10.6 Å². The lowest BCUT2D eigenvalue weighted by molar-refractivity contribution is -0.0668. The van der Waals surface area contributed by atoms with Gasteiger partial charge in [0.15, 0.2) is 0 Å². The first-order valence-corrected chi connectivity index (χ1v) is 8.52. The molecular weight excluding hydrogens is 312 g/mol. The van der Waals surface area contributed by atoms with Gasteiger partial charge in [0.05, 0.1) is 25.4 Å². The van der Waals surface area contributed by atoms with Crippen LogP contribution in [0.15, 0.2) is 29.6 Å². The lowest BCUT2D eigenvalue weighted by Gasteiger charge is -2.37. The minimum Gasteiger partial charge on any atom is -0.394 e. The number of aliphatic hydroxyl groups is 1. The number of carbonyl (C=O) groups is 1. The van der Waals surface area contributed by atoms with Gasteiger partial charge in [-0.15, -0.1) is 11.3 Å². The number of carbonyl (C=O) groups excluding carboxylic acids is 1. The van der Waals surface area contributed by atoms with Crippen molar-refractivity contribution in [3.8, 4) is 10.6 Å². The quantitative estimate of drug-likeness (QED) is 0.937. The van der Waals surface area contributed by atoms with E-state index in [2.05, 4.69) is 4.98 Å². The Balaban J connectivity index is 1.79. The normalized spacial score (nSPS) is 21.4. The van der Waals surface area contributed by atoms with Crippen LogP contribution in [-0.4, -0.2) is 52.8 Å². The standard InChI is InChI=1S/C17H20N2O3S/c1-11-3-5-13(6-4-11)16-18-15(10-23-16)17(21)19-7-14(8-20)22-9-12(19)2/h3-6,10,12,14,20H,7-9H2,1-2H3. The molecule has 6 heteroatoms. The second kappa shape index (κ2) is 6.78. The number of hydrogen-bond donors (Lipinski definition) is 1. The summed E-state index contributed by atoms with van der Waals surface area (Å²) in [5, 5.41) is 11.9. The molecule has 2 heterocycles. The second-order valence-corrected chi connectivity index (χ2v) is 6.71. The van der Waals surface area contributed by atoms with Crippen LogP contribution in [0.25, 0.3) is 10.6 Å². The van der Waals surface area contributed by atoms with Gasteiger partial charge in [-0.1, -0.05) is 29.8 Å². The van der Waals surface area contributed by atoms with E-state index in [-0.39, 0.29) is 24.7 Å². The van der Waals surface area contributed by atoms with Crippen LogP contribution in [-0.2, 0) is 4.74 Å². The van der Waals surface area contributed by atoms with Gasteiger partial charge in [0, 0.05) is 17.5 Å². The van der Waals surface area contributed by atoms with Gasteiger partial charge < -0.3 is 14.7 Å². The Morgan fingerprint density at radius 3 is 2.87 bits per heavy atom. The molecule has 2 atom stereocenters.